The average molecular weight is 220 g/mol. The minimum Gasteiger partial charge on any atom is -0.383 e. The van der Waals surface area contributed by atoms with E-state index in [0.717, 1.165) is 25.9 Å². The van der Waals surface area contributed by atoms with E-state index in [-0.39, 0.29) is 11.7 Å². The van der Waals surface area contributed by atoms with Crippen molar-refractivity contribution in [2.45, 2.75) is 19.3 Å². The summed E-state index contributed by atoms with van der Waals surface area (Å²) < 4.78 is 0. The second kappa shape index (κ2) is 4.94. The number of carbonyl (C=O) groups excluding carboxylic acids is 1. The fourth-order valence-electron chi connectivity index (χ4n) is 1.82. The molecule has 0 atom stereocenters. The third kappa shape index (κ3) is 2.49. The predicted octanol–water partition coefficient (Wildman–Crippen LogP) is 0.794. The van der Waals surface area contributed by atoms with Gasteiger partial charge >= 0.3 is 0 Å². The quantitative estimate of drug-likeness (QED) is 0.773. The van der Waals surface area contributed by atoms with Crippen LogP contribution in [0.4, 0.5) is 5.82 Å². The number of nitrogens with zero attached hydrogens (tertiary/aromatic N) is 2. The maximum atomic E-state index is 11.9. The molecule has 16 heavy (non-hydrogen) atoms. The first-order chi connectivity index (χ1) is 7.77. The van der Waals surface area contributed by atoms with Gasteiger partial charge in [-0.3, -0.25) is 10.2 Å². The number of hydrazine groups is 1. The van der Waals surface area contributed by atoms with Gasteiger partial charge in [0.05, 0.1) is 5.56 Å². The lowest BCUT2D eigenvalue weighted by atomic mass is 10.2. The van der Waals surface area contributed by atoms with Crippen molar-refractivity contribution in [3.8, 4) is 0 Å². The predicted molar refractivity (Wildman–Crippen MR) is 61.5 cm³/mol. The fraction of sp³-hybridized carbons (Fsp3) is 0.455. The van der Waals surface area contributed by atoms with E-state index < -0.39 is 0 Å². The van der Waals surface area contributed by atoms with Crippen LogP contribution in [0.1, 0.15) is 29.6 Å². The zero-order valence-electron chi connectivity index (χ0n) is 9.15. The van der Waals surface area contributed by atoms with E-state index in [1.54, 1.807) is 18.3 Å². The van der Waals surface area contributed by atoms with Gasteiger partial charge < -0.3 is 5.73 Å². The smallest absolute Gasteiger partial charge is 0.269 e. The van der Waals surface area contributed by atoms with Crippen molar-refractivity contribution in [1.29, 1.82) is 0 Å². The topological polar surface area (TPSA) is 71.2 Å². The van der Waals surface area contributed by atoms with Gasteiger partial charge in [0.15, 0.2) is 0 Å². The number of hydrogen-bond acceptors (Lipinski definition) is 4. The second-order valence-corrected chi connectivity index (χ2v) is 3.92. The summed E-state index contributed by atoms with van der Waals surface area (Å²) in [6.07, 6.45) is 5.07. The van der Waals surface area contributed by atoms with Gasteiger partial charge in [0, 0.05) is 19.3 Å². The summed E-state index contributed by atoms with van der Waals surface area (Å²) in [6.45, 7) is 1.82. The zero-order chi connectivity index (χ0) is 11.4. The Morgan fingerprint density at radius 3 is 2.81 bits per heavy atom. The van der Waals surface area contributed by atoms with Gasteiger partial charge in [0.2, 0.25) is 0 Å². The van der Waals surface area contributed by atoms with Crippen molar-refractivity contribution >= 4 is 11.7 Å². The number of piperidine rings is 1. The van der Waals surface area contributed by atoms with Gasteiger partial charge in [-0.2, -0.15) is 0 Å². The highest BCUT2D eigenvalue weighted by molar-refractivity contribution is 5.97. The van der Waals surface area contributed by atoms with Crippen LogP contribution in [0, 0.1) is 0 Å². The van der Waals surface area contributed by atoms with Crippen molar-refractivity contribution in [3.63, 3.8) is 0 Å². The molecule has 0 aliphatic carbocycles. The normalized spacial score (nSPS) is 17.0. The van der Waals surface area contributed by atoms with Gasteiger partial charge in [-0.25, -0.2) is 9.99 Å². The summed E-state index contributed by atoms with van der Waals surface area (Å²) in [4.78, 5) is 15.8. The highest BCUT2D eigenvalue weighted by atomic mass is 16.2. The number of aromatic nitrogens is 1. The van der Waals surface area contributed by atoms with Crippen LogP contribution in [-0.4, -0.2) is 29.0 Å². The van der Waals surface area contributed by atoms with Crippen molar-refractivity contribution in [3.05, 3.63) is 23.9 Å². The first kappa shape index (κ1) is 10.9. The molecule has 5 heteroatoms. The van der Waals surface area contributed by atoms with Gasteiger partial charge in [0.25, 0.3) is 5.91 Å². The molecular weight excluding hydrogens is 204 g/mol. The Balaban J connectivity index is 2.00. The van der Waals surface area contributed by atoms with E-state index in [1.807, 2.05) is 5.01 Å². The number of pyridine rings is 1. The lowest BCUT2D eigenvalue weighted by Crippen LogP contribution is -2.45. The van der Waals surface area contributed by atoms with E-state index >= 15 is 0 Å². The molecule has 0 aromatic carbocycles. The summed E-state index contributed by atoms with van der Waals surface area (Å²) >= 11 is 0. The molecule has 2 rings (SSSR count). The molecular formula is C11H16N4O. The van der Waals surface area contributed by atoms with E-state index in [2.05, 4.69) is 10.4 Å². The van der Waals surface area contributed by atoms with Crippen LogP contribution in [0.15, 0.2) is 18.3 Å². The lowest BCUT2D eigenvalue weighted by molar-refractivity contribution is 0.0750. The maximum Gasteiger partial charge on any atom is 0.269 e. The SMILES string of the molecule is Nc1ncccc1C(=O)NN1CCCCC1. The molecule has 0 unspecified atom stereocenters. The Labute approximate surface area is 94.6 Å². The van der Waals surface area contributed by atoms with E-state index in [4.69, 9.17) is 5.73 Å². The van der Waals surface area contributed by atoms with Crippen LogP contribution in [0.3, 0.4) is 0 Å². The number of hydrogen-bond donors (Lipinski definition) is 2. The third-order valence-electron chi connectivity index (χ3n) is 2.70. The first-order valence-electron chi connectivity index (χ1n) is 5.54. The number of carbonyl (C=O) groups is 1. The second-order valence-electron chi connectivity index (χ2n) is 3.92. The molecule has 1 aromatic heterocycles. The summed E-state index contributed by atoms with van der Waals surface area (Å²) in [6, 6.07) is 3.39. The van der Waals surface area contributed by atoms with Crippen molar-refractivity contribution in [1.82, 2.24) is 15.4 Å². The molecule has 1 aliphatic heterocycles. The number of rotatable bonds is 2. The van der Waals surface area contributed by atoms with Gasteiger partial charge in [-0.15, -0.1) is 0 Å². The van der Waals surface area contributed by atoms with Crippen LogP contribution in [0.5, 0.6) is 0 Å². The molecule has 1 amide bonds. The third-order valence-corrected chi connectivity index (χ3v) is 2.70. The minimum absolute atomic E-state index is 0.174. The molecule has 3 N–H and O–H groups in total. The highest BCUT2D eigenvalue weighted by Gasteiger charge is 2.15. The molecule has 1 aliphatic rings. The van der Waals surface area contributed by atoms with Crippen molar-refractivity contribution in [2.75, 3.05) is 18.8 Å². The van der Waals surface area contributed by atoms with Gasteiger partial charge in [0.1, 0.15) is 5.82 Å². The Hall–Kier alpha value is -1.62. The Morgan fingerprint density at radius 2 is 2.12 bits per heavy atom. The largest absolute Gasteiger partial charge is 0.383 e. The first-order valence-corrected chi connectivity index (χ1v) is 5.54. The van der Waals surface area contributed by atoms with Crippen LogP contribution in [-0.2, 0) is 0 Å². The molecule has 5 nitrogen and oxygen atoms in total. The van der Waals surface area contributed by atoms with Crippen LogP contribution < -0.4 is 11.2 Å². The highest BCUT2D eigenvalue weighted by Crippen LogP contribution is 2.09. The standard InChI is InChI=1S/C11H16N4O/c12-10-9(5-4-6-13-10)11(16)14-15-7-2-1-3-8-15/h4-6H,1-3,7-8H2,(H2,12,13)(H,14,16). The Morgan fingerprint density at radius 1 is 1.38 bits per heavy atom. The molecule has 0 radical (unpaired) electrons. The fourth-order valence-corrected chi connectivity index (χ4v) is 1.82. The summed E-state index contributed by atoms with van der Waals surface area (Å²) in [7, 11) is 0. The molecule has 0 spiro atoms. The molecule has 1 aromatic rings. The molecule has 0 saturated carbocycles. The molecule has 2 heterocycles. The van der Waals surface area contributed by atoms with E-state index in [9.17, 15) is 4.79 Å². The van der Waals surface area contributed by atoms with Crippen LogP contribution in [0.2, 0.25) is 0 Å². The van der Waals surface area contributed by atoms with Crippen LogP contribution in [0.25, 0.3) is 0 Å². The summed E-state index contributed by atoms with van der Waals surface area (Å²) in [5, 5.41) is 1.94. The number of nitrogen functional groups attached to an aromatic ring is 1. The molecule has 1 fully saturated rings. The average Bonchev–Trinajstić information content (AvgIpc) is 2.31. The summed E-state index contributed by atoms with van der Waals surface area (Å²) in [5.41, 5.74) is 8.92. The Kier molecular flexibility index (Phi) is 3.36. The van der Waals surface area contributed by atoms with Crippen molar-refractivity contribution in [2.24, 2.45) is 0 Å². The Bertz CT molecular complexity index is 374. The number of nitrogens with one attached hydrogen (secondary N) is 1. The van der Waals surface area contributed by atoms with E-state index in [1.165, 1.54) is 6.42 Å². The minimum atomic E-state index is -0.174. The van der Waals surface area contributed by atoms with Gasteiger partial charge in [-0.05, 0) is 25.0 Å². The molecule has 1 saturated heterocycles. The maximum absolute atomic E-state index is 11.9. The lowest BCUT2D eigenvalue weighted by Gasteiger charge is -2.26. The summed E-state index contributed by atoms with van der Waals surface area (Å²) in [5.74, 6) is 0.101. The molecule has 0 bridgehead atoms. The number of amides is 1. The monoisotopic (exact) mass is 220 g/mol. The van der Waals surface area contributed by atoms with Gasteiger partial charge in [-0.1, -0.05) is 6.42 Å². The molecule has 86 valence electrons. The van der Waals surface area contributed by atoms with E-state index in [0.29, 0.717) is 5.56 Å². The number of nitrogens with two attached hydrogens (primary N) is 1. The number of anilines is 1. The zero-order valence-corrected chi connectivity index (χ0v) is 9.15. The van der Waals surface area contributed by atoms with Crippen LogP contribution >= 0.6 is 0 Å². The van der Waals surface area contributed by atoms with Crippen molar-refractivity contribution < 1.29 is 4.79 Å².